The van der Waals surface area contributed by atoms with Gasteiger partial charge in [0, 0.05) is 6.42 Å². The van der Waals surface area contributed by atoms with Crippen LogP contribution in [0, 0.1) is 0 Å². The molecule has 3 N–H and O–H groups in total. The van der Waals surface area contributed by atoms with Gasteiger partial charge in [-0.1, -0.05) is 32.6 Å². The number of hydrogen-bond acceptors (Lipinski definition) is 5. The van der Waals surface area contributed by atoms with E-state index in [1.807, 2.05) is 0 Å². The Morgan fingerprint density at radius 1 is 0.923 bits per heavy atom. The third kappa shape index (κ3) is 5.16. The highest BCUT2D eigenvalue weighted by atomic mass is 15.2. The van der Waals surface area contributed by atoms with E-state index in [9.17, 15) is 0 Å². The number of unbranched alkanes of at least 4 members (excludes halogenated alkanes) is 5. The molecule has 0 aliphatic carbocycles. The van der Waals surface area contributed by atoms with E-state index in [0.717, 1.165) is 48.2 Å². The zero-order valence-corrected chi connectivity index (χ0v) is 16.3. The van der Waals surface area contributed by atoms with Crippen LogP contribution in [0.5, 0.6) is 0 Å². The molecule has 0 saturated carbocycles. The molecule has 0 spiro atoms. The number of H-pyrrole nitrogens is 1. The Labute approximate surface area is 157 Å². The van der Waals surface area contributed by atoms with Crippen molar-refractivity contribution in [3.8, 4) is 0 Å². The fourth-order valence-corrected chi connectivity index (χ4v) is 3.81. The Balaban J connectivity index is 1.42. The number of nitrogens with one attached hydrogen (secondary N) is 1. The third-order valence-corrected chi connectivity index (χ3v) is 5.40. The van der Waals surface area contributed by atoms with Crippen molar-refractivity contribution >= 4 is 16.9 Å². The van der Waals surface area contributed by atoms with E-state index in [2.05, 4.69) is 27.0 Å². The van der Waals surface area contributed by atoms with E-state index in [0.29, 0.717) is 5.82 Å². The number of likely N-dealkylation sites (tertiary alicyclic amines) is 1. The highest BCUT2D eigenvalue weighted by Gasteiger charge is 2.13. The highest BCUT2D eigenvalue weighted by Crippen LogP contribution is 2.21. The van der Waals surface area contributed by atoms with Crippen LogP contribution in [0.1, 0.15) is 76.2 Å². The molecule has 6 heteroatoms. The minimum absolute atomic E-state index is 0.505. The van der Waals surface area contributed by atoms with Gasteiger partial charge in [0.2, 0.25) is 0 Å². The maximum absolute atomic E-state index is 6.07. The summed E-state index contributed by atoms with van der Waals surface area (Å²) in [5, 5.41) is 7.47. The van der Waals surface area contributed by atoms with Crippen LogP contribution in [0.25, 0.3) is 11.0 Å². The van der Waals surface area contributed by atoms with Crippen molar-refractivity contribution in [2.45, 2.75) is 77.6 Å². The average Bonchev–Trinajstić information content (AvgIpc) is 3.29. The SMILES string of the molecule is CCCCc1nc(N)c2n[nH]c(CCCCCCCN3CCCC3)c2n1. The molecule has 1 aliphatic rings. The minimum atomic E-state index is 0.505. The molecule has 0 bridgehead atoms. The number of aryl methyl sites for hydroxylation is 2. The summed E-state index contributed by atoms with van der Waals surface area (Å²) < 4.78 is 0. The molecule has 1 aliphatic heterocycles. The number of aromatic nitrogens is 4. The van der Waals surface area contributed by atoms with Gasteiger partial charge in [-0.3, -0.25) is 5.10 Å². The van der Waals surface area contributed by atoms with E-state index >= 15 is 0 Å². The molecule has 1 saturated heterocycles. The van der Waals surface area contributed by atoms with Gasteiger partial charge >= 0.3 is 0 Å². The van der Waals surface area contributed by atoms with Crippen LogP contribution < -0.4 is 5.73 Å². The lowest BCUT2D eigenvalue weighted by Gasteiger charge is -2.13. The number of anilines is 1. The van der Waals surface area contributed by atoms with Crippen LogP contribution in [0.2, 0.25) is 0 Å². The largest absolute Gasteiger partial charge is 0.382 e. The van der Waals surface area contributed by atoms with Gasteiger partial charge in [-0.15, -0.1) is 0 Å². The van der Waals surface area contributed by atoms with Crippen molar-refractivity contribution in [1.29, 1.82) is 0 Å². The second-order valence-electron chi connectivity index (χ2n) is 7.59. The van der Waals surface area contributed by atoms with Gasteiger partial charge in [-0.2, -0.15) is 5.10 Å². The fourth-order valence-electron chi connectivity index (χ4n) is 3.81. The number of fused-ring (bicyclic) bond motifs is 1. The summed E-state index contributed by atoms with van der Waals surface area (Å²) in [4.78, 5) is 11.7. The molecule has 3 rings (SSSR count). The highest BCUT2D eigenvalue weighted by molar-refractivity contribution is 5.85. The van der Waals surface area contributed by atoms with E-state index in [-0.39, 0.29) is 0 Å². The number of nitrogens with two attached hydrogens (primary N) is 1. The van der Waals surface area contributed by atoms with Crippen LogP contribution >= 0.6 is 0 Å². The third-order valence-electron chi connectivity index (χ3n) is 5.40. The summed E-state index contributed by atoms with van der Waals surface area (Å²) in [6.45, 7) is 6.11. The smallest absolute Gasteiger partial charge is 0.155 e. The topological polar surface area (TPSA) is 83.7 Å². The molecule has 1 fully saturated rings. The predicted molar refractivity (Wildman–Crippen MR) is 107 cm³/mol. The summed E-state index contributed by atoms with van der Waals surface area (Å²) in [5.41, 5.74) is 8.84. The minimum Gasteiger partial charge on any atom is -0.382 e. The normalized spacial score (nSPS) is 15.3. The van der Waals surface area contributed by atoms with E-state index in [4.69, 9.17) is 10.7 Å². The Bertz CT molecular complexity index is 674. The predicted octanol–water partition coefficient (Wildman–Crippen LogP) is 3.87. The van der Waals surface area contributed by atoms with Crippen LogP contribution in [0.4, 0.5) is 5.82 Å². The molecule has 6 nitrogen and oxygen atoms in total. The first kappa shape index (κ1) is 19.1. The number of nitrogens with zero attached hydrogens (tertiary/aromatic N) is 4. The molecule has 3 heterocycles. The van der Waals surface area contributed by atoms with Gasteiger partial charge in [-0.05, 0) is 58.2 Å². The standard InChI is InChI=1S/C20H34N6/c1-2-3-12-17-22-18-16(24-25-19(18)20(21)23-17)11-7-5-4-6-8-13-26-14-9-10-15-26/h2-15H2,1H3,(H,24,25)(H2,21,22,23). The Morgan fingerprint density at radius 3 is 2.50 bits per heavy atom. The quantitative estimate of drug-likeness (QED) is 0.596. The van der Waals surface area contributed by atoms with Crippen LogP contribution in [-0.4, -0.2) is 44.7 Å². The van der Waals surface area contributed by atoms with E-state index in [1.54, 1.807) is 0 Å². The lowest BCUT2D eigenvalue weighted by atomic mass is 10.1. The van der Waals surface area contributed by atoms with Gasteiger partial charge in [-0.25, -0.2) is 9.97 Å². The van der Waals surface area contributed by atoms with Gasteiger partial charge < -0.3 is 10.6 Å². The lowest BCUT2D eigenvalue weighted by Crippen LogP contribution is -2.20. The van der Waals surface area contributed by atoms with E-state index in [1.165, 1.54) is 64.6 Å². The van der Waals surface area contributed by atoms with Crippen LogP contribution in [0.15, 0.2) is 0 Å². The van der Waals surface area contributed by atoms with Crippen molar-refractivity contribution < 1.29 is 0 Å². The van der Waals surface area contributed by atoms with Gasteiger partial charge in [0.15, 0.2) is 11.3 Å². The monoisotopic (exact) mass is 358 g/mol. The van der Waals surface area contributed by atoms with E-state index < -0.39 is 0 Å². The number of aromatic amines is 1. The summed E-state index contributed by atoms with van der Waals surface area (Å²) in [6.07, 6.45) is 13.3. The molecule has 144 valence electrons. The Kier molecular flexibility index (Phi) is 7.23. The molecule has 0 radical (unpaired) electrons. The zero-order chi connectivity index (χ0) is 18.2. The molecular formula is C20H34N6. The molecular weight excluding hydrogens is 324 g/mol. The number of hydrogen-bond donors (Lipinski definition) is 2. The summed E-state index contributed by atoms with van der Waals surface area (Å²) in [7, 11) is 0. The van der Waals surface area contributed by atoms with Crippen LogP contribution in [0.3, 0.4) is 0 Å². The molecule has 0 amide bonds. The van der Waals surface area contributed by atoms with Gasteiger partial charge in [0.05, 0.1) is 5.69 Å². The zero-order valence-electron chi connectivity index (χ0n) is 16.3. The maximum Gasteiger partial charge on any atom is 0.155 e. The first-order valence-electron chi connectivity index (χ1n) is 10.5. The molecule has 0 unspecified atom stereocenters. The molecule has 26 heavy (non-hydrogen) atoms. The molecule has 2 aromatic heterocycles. The Morgan fingerprint density at radius 2 is 1.69 bits per heavy atom. The van der Waals surface area contributed by atoms with Crippen molar-refractivity contribution in [1.82, 2.24) is 25.1 Å². The van der Waals surface area contributed by atoms with Crippen molar-refractivity contribution in [2.24, 2.45) is 0 Å². The second kappa shape index (κ2) is 9.86. The number of nitrogen functional groups attached to an aromatic ring is 1. The summed E-state index contributed by atoms with van der Waals surface area (Å²) in [5.74, 6) is 1.35. The fraction of sp³-hybridized carbons (Fsp3) is 0.750. The molecule has 0 aromatic carbocycles. The number of rotatable bonds is 11. The molecule has 2 aromatic rings. The van der Waals surface area contributed by atoms with Crippen LogP contribution in [-0.2, 0) is 12.8 Å². The van der Waals surface area contributed by atoms with Crippen molar-refractivity contribution in [2.75, 3.05) is 25.4 Å². The Hall–Kier alpha value is -1.69. The summed E-state index contributed by atoms with van der Waals surface area (Å²) in [6, 6.07) is 0. The maximum atomic E-state index is 6.07. The lowest BCUT2D eigenvalue weighted by molar-refractivity contribution is 0.327. The van der Waals surface area contributed by atoms with Gasteiger partial charge in [0.1, 0.15) is 11.3 Å². The second-order valence-corrected chi connectivity index (χ2v) is 7.59. The summed E-state index contributed by atoms with van der Waals surface area (Å²) >= 11 is 0. The van der Waals surface area contributed by atoms with Gasteiger partial charge in [0.25, 0.3) is 0 Å². The molecule has 0 atom stereocenters. The average molecular weight is 359 g/mol. The first-order valence-corrected chi connectivity index (χ1v) is 10.5. The van der Waals surface area contributed by atoms with Crippen molar-refractivity contribution in [3.05, 3.63) is 11.5 Å². The first-order chi connectivity index (χ1) is 12.8. The van der Waals surface area contributed by atoms with Crippen molar-refractivity contribution in [3.63, 3.8) is 0 Å².